The molecule has 0 bridgehead atoms. The third-order valence-corrected chi connectivity index (χ3v) is 2.60. The molecule has 0 aromatic carbocycles. The second-order valence-electron chi connectivity index (χ2n) is 2.61. The Morgan fingerprint density at radius 2 is 2.15 bits per heavy atom. The molecule has 0 saturated carbocycles. The van der Waals surface area contributed by atoms with E-state index in [2.05, 4.69) is 10.2 Å². The van der Waals surface area contributed by atoms with Crippen molar-refractivity contribution in [1.29, 1.82) is 0 Å². The predicted molar refractivity (Wildman–Crippen MR) is 55.4 cm³/mol. The zero-order valence-corrected chi connectivity index (χ0v) is 9.15. The molecule has 72 valence electrons. The molecule has 0 saturated heterocycles. The van der Waals surface area contributed by atoms with Crippen LogP contribution in [0.5, 0.6) is 0 Å². The Hall–Kier alpha value is -0.0500. The minimum atomic E-state index is -0.969. The van der Waals surface area contributed by atoms with Gasteiger partial charge in [0.1, 0.15) is 0 Å². The fourth-order valence-corrected chi connectivity index (χ4v) is 1.52. The Morgan fingerprint density at radius 3 is 2.69 bits per heavy atom. The maximum atomic E-state index is 6.04. The van der Waals surface area contributed by atoms with Crippen molar-refractivity contribution in [3.8, 4) is 0 Å². The highest BCUT2D eigenvalue weighted by Gasteiger charge is 2.27. The summed E-state index contributed by atoms with van der Waals surface area (Å²) in [6.07, 6.45) is 2.92. The van der Waals surface area contributed by atoms with Gasteiger partial charge in [0.15, 0.2) is 4.33 Å². The van der Waals surface area contributed by atoms with Gasteiger partial charge in [0, 0.05) is 12.1 Å². The number of nitrogens with zero attached hydrogens (tertiary/aromatic N) is 2. The van der Waals surface area contributed by atoms with Gasteiger partial charge in [-0.25, -0.2) is 0 Å². The molecular formula is C8H9Cl3N2. The van der Waals surface area contributed by atoms with E-state index < -0.39 is 4.33 Å². The minimum Gasteiger partial charge on any atom is -0.159 e. The second kappa shape index (κ2) is 4.99. The first kappa shape index (κ1) is 11.0. The van der Waals surface area contributed by atoms with Crippen LogP contribution in [0.3, 0.4) is 0 Å². The molecule has 0 amide bonds. The molecule has 0 N–H and O–H groups in total. The van der Waals surface area contributed by atoms with Crippen LogP contribution in [0, 0.1) is 0 Å². The molecule has 13 heavy (non-hydrogen) atoms. The molecule has 5 heteroatoms. The zero-order valence-electron chi connectivity index (χ0n) is 6.88. The Kier molecular flexibility index (Phi) is 4.23. The fraction of sp³-hybridized carbons (Fsp3) is 0.500. The topological polar surface area (TPSA) is 25.8 Å². The number of hydrogen-bond acceptors (Lipinski definition) is 2. The average molecular weight is 240 g/mol. The lowest BCUT2D eigenvalue weighted by Gasteiger charge is -2.16. The van der Waals surface area contributed by atoms with Gasteiger partial charge in [0.25, 0.3) is 0 Å². The maximum absolute atomic E-state index is 6.04. The standard InChI is InChI=1S/C8H9Cl3N2/c9-5-2-4-8(10,11)7-3-1-6-12-13-7/h1,3,6H,2,4-5H2. The van der Waals surface area contributed by atoms with Gasteiger partial charge in [-0.05, 0) is 25.0 Å². The number of alkyl halides is 3. The van der Waals surface area contributed by atoms with Crippen molar-refractivity contribution in [3.05, 3.63) is 24.0 Å². The summed E-state index contributed by atoms with van der Waals surface area (Å²) in [5, 5.41) is 7.55. The first-order valence-corrected chi connectivity index (χ1v) is 5.18. The first-order chi connectivity index (χ1) is 6.17. The van der Waals surface area contributed by atoms with E-state index in [-0.39, 0.29) is 0 Å². The van der Waals surface area contributed by atoms with Crippen molar-refractivity contribution in [3.63, 3.8) is 0 Å². The fourth-order valence-electron chi connectivity index (χ4n) is 0.914. The lowest BCUT2D eigenvalue weighted by Crippen LogP contribution is -2.13. The van der Waals surface area contributed by atoms with Gasteiger partial charge in [0.05, 0.1) is 5.69 Å². The summed E-state index contributed by atoms with van der Waals surface area (Å²) in [5.41, 5.74) is 0.573. The van der Waals surface area contributed by atoms with Crippen LogP contribution in [0.15, 0.2) is 18.3 Å². The number of aromatic nitrogens is 2. The highest BCUT2D eigenvalue weighted by molar-refractivity contribution is 6.47. The van der Waals surface area contributed by atoms with E-state index in [9.17, 15) is 0 Å². The highest BCUT2D eigenvalue weighted by Crippen LogP contribution is 2.36. The van der Waals surface area contributed by atoms with Gasteiger partial charge >= 0.3 is 0 Å². The van der Waals surface area contributed by atoms with Crippen molar-refractivity contribution >= 4 is 34.8 Å². The summed E-state index contributed by atoms with van der Waals surface area (Å²) in [5.74, 6) is 0.543. The molecule has 0 unspecified atom stereocenters. The van der Waals surface area contributed by atoms with Crippen LogP contribution in [0.2, 0.25) is 0 Å². The highest BCUT2D eigenvalue weighted by atomic mass is 35.5. The van der Waals surface area contributed by atoms with E-state index >= 15 is 0 Å². The summed E-state index contributed by atoms with van der Waals surface area (Å²) in [6.45, 7) is 0. The van der Waals surface area contributed by atoms with Gasteiger partial charge in [0.2, 0.25) is 0 Å². The van der Waals surface area contributed by atoms with E-state index in [0.29, 0.717) is 18.0 Å². The molecule has 0 spiro atoms. The van der Waals surface area contributed by atoms with Gasteiger partial charge in [-0.15, -0.1) is 11.6 Å². The van der Waals surface area contributed by atoms with Crippen LogP contribution in [-0.4, -0.2) is 16.1 Å². The Morgan fingerprint density at radius 1 is 1.38 bits per heavy atom. The molecule has 0 fully saturated rings. The quantitative estimate of drug-likeness (QED) is 0.755. The molecule has 0 aliphatic carbocycles. The summed E-state index contributed by atoms with van der Waals surface area (Å²) in [4.78, 5) is 0. The van der Waals surface area contributed by atoms with Crippen molar-refractivity contribution in [2.45, 2.75) is 17.2 Å². The van der Waals surface area contributed by atoms with Crippen molar-refractivity contribution in [2.75, 3.05) is 5.88 Å². The molecule has 0 aliphatic heterocycles. The molecule has 1 rings (SSSR count). The molecule has 0 aliphatic rings. The number of hydrogen-bond donors (Lipinski definition) is 0. The Labute approximate surface area is 92.2 Å². The largest absolute Gasteiger partial charge is 0.161 e. The van der Waals surface area contributed by atoms with Crippen LogP contribution in [-0.2, 0) is 4.33 Å². The Balaban J connectivity index is 2.69. The SMILES string of the molecule is ClCCCC(Cl)(Cl)c1cccnn1. The number of halogens is 3. The summed E-state index contributed by atoms with van der Waals surface area (Å²) >= 11 is 17.6. The summed E-state index contributed by atoms with van der Waals surface area (Å²) in [6, 6.07) is 3.50. The van der Waals surface area contributed by atoms with Crippen LogP contribution in [0.4, 0.5) is 0 Å². The summed E-state index contributed by atoms with van der Waals surface area (Å²) < 4.78 is -0.969. The third-order valence-electron chi connectivity index (χ3n) is 1.57. The molecule has 0 radical (unpaired) electrons. The van der Waals surface area contributed by atoms with E-state index in [4.69, 9.17) is 34.8 Å². The minimum absolute atomic E-state index is 0.543. The summed E-state index contributed by atoms with van der Waals surface area (Å²) in [7, 11) is 0. The van der Waals surface area contributed by atoms with Gasteiger partial charge in [-0.1, -0.05) is 23.2 Å². The number of rotatable bonds is 4. The first-order valence-electron chi connectivity index (χ1n) is 3.89. The van der Waals surface area contributed by atoms with Gasteiger partial charge in [-0.2, -0.15) is 10.2 Å². The predicted octanol–water partition coefficient (Wildman–Crippen LogP) is 3.13. The van der Waals surface area contributed by atoms with Crippen molar-refractivity contribution in [2.24, 2.45) is 0 Å². The van der Waals surface area contributed by atoms with Crippen molar-refractivity contribution < 1.29 is 0 Å². The van der Waals surface area contributed by atoms with E-state index in [1.165, 1.54) is 0 Å². The van der Waals surface area contributed by atoms with Crippen LogP contribution in [0.25, 0.3) is 0 Å². The third kappa shape index (κ3) is 3.29. The lowest BCUT2D eigenvalue weighted by molar-refractivity contribution is 0.685. The second-order valence-corrected chi connectivity index (χ2v) is 4.47. The van der Waals surface area contributed by atoms with Gasteiger partial charge in [-0.3, -0.25) is 0 Å². The molecule has 1 aromatic heterocycles. The maximum Gasteiger partial charge on any atom is 0.161 e. The van der Waals surface area contributed by atoms with E-state index in [1.807, 2.05) is 0 Å². The molecule has 1 heterocycles. The smallest absolute Gasteiger partial charge is 0.159 e. The van der Waals surface area contributed by atoms with E-state index in [1.54, 1.807) is 18.3 Å². The van der Waals surface area contributed by atoms with Crippen LogP contribution in [0.1, 0.15) is 18.5 Å². The monoisotopic (exact) mass is 238 g/mol. The molecular weight excluding hydrogens is 230 g/mol. The molecule has 1 aromatic rings. The van der Waals surface area contributed by atoms with Crippen molar-refractivity contribution in [1.82, 2.24) is 10.2 Å². The zero-order chi connectivity index (χ0) is 9.73. The average Bonchev–Trinajstić information content (AvgIpc) is 2.16. The van der Waals surface area contributed by atoms with Gasteiger partial charge < -0.3 is 0 Å². The molecule has 2 nitrogen and oxygen atoms in total. The van der Waals surface area contributed by atoms with Crippen LogP contribution >= 0.6 is 34.8 Å². The molecule has 0 atom stereocenters. The van der Waals surface area contributed by atoms with Crippen LogP contribution < -0.4 is 0 Å². The van der Waals surface area contributed by atoms with E-state index in [0.717, 1.165) is 6.42 Å². The normalized spacial score (nSPS) is 11.6. The lowest BCUT2D eigenvalue weighted by atomic mass is 10.2. The Bertz CT molecular complexity index is 251.